The molecular weight excluding hydrogens is 344 g/mol. The van der Waals surface area contributed by atoms with Crippen molar-refractivity contribution in [3.8, 4) is 17.1 Å². The average molecular weight is 372 g/mol. The summed E-state index contributed by atoms with van der Waals surface area (Å²) in [4.78, 5) is 24.8. The summed E-state index contributed by atoms with van der Waals surface area (Å²) in [7, 11) is 1.62. The van der Waals surface area contributed by atoms with Gasteiger partial charge in [-0.1, -0.05) is 20.8 Å². The van der Waals surface area contributed by atoms with Crippen LogP contribution in [0.25, 0.3) is 11.4 Å². The van der Waals surface area contributed by atoms with Gasteiger partial charge < -0.3 is 10.1 Å². The smallest absolute Gasteiger partial charge is 0.346 e. The molecule has 1 aliphatic carbocycles. The maximum absolute atomic E-state index is 12.8. The van der Waals surface area contributed by atoms with E-state index < -0.39 is 0 Å². The lowest BCUT2D eigenvalue weighted by Gasteiger charge is -2.17. The number of nitrogens with one attached hydrogen (secondary N) is 1. The van der Waals surface area contributed by atoms with E-state index in [1.807, 2.05) is 45.0 Å². The van der Waals surface area contributed by atoms with E-state index in [-0.39, 0.29) is 23.1 Å². The Morgan fingerprint density at radius 2 is 1.93 bits per heavy atom. The van der Waals surface area contributed by atoms with E-state index in [4.69, 9.17) is 4.74 Å². The van der Waals surface area contributed by atoms with E-state index in [1.165, 1.54) is 4.68 Å². The van der Waals surface area contributed by atoms with E-state index in [0.29, 0.717) is 25.3 Å². The van der Waals surface area contributed by atoms with Crippen molar-refractivity contribution in [2.24, 2.45) is 5.41 Å². The summed E-state index contributed by atoms with van der Waals surface area (Å²) < 4.78 is 8.43. The lowest BCUT2D eigenvalue weighted by molar-refractivity contribution is -0.122. The quantitative estimate of drug-likeness (QED) is 0.810. The Labute approximate surface area is 159 Å². The minimum atomic E-state index is -0.117. The molecule has 0 atom stereocenters. The van der Waals surface area contributed by atoms with Crippen molar-refractivity contribution in [1.29, 1.82) is 0 Å². The number of methoxy groups -OCH3 is 1. The van der Waals surface area contributed by atoms with E-state index >= 15 is 0 Å². The second-order valence-electron chi connectivity index (χ2n) is 8.25. The predicted molar refractivity (Wildman–Crippen MR) is 104 cm³/mol. The lowest BCUT2D eigenvalue weighted by atomic mass is 9.92. The van der Waals surface area contributed by atoms with Gasteiger partial charge in [-0.3, -0.25) is 9.36 Å². The number of benzene rings is 1. The van der Waals surface area contributed by atoms with Gasteiger partial charge in [0.1, 0.15) is 5.75 Å². The van der Waals surface area contributed by atoms with Crippen LogP contribution in [0, 0.1) is 5.41 Å². The molecule has 0 radical (unpaired) electrons. The van der Waals surface area contributed by atoms with E-state index in [2.05, 4.69) is 10.4 Å². The average Bonchev–Trinajstić information content (AvgIpc) is 3.38. The fourth-order valence-electron chi connectivity index (χ4n) is 3.01. The fourth-order valence-corrected chi connectivity index (χ4v) is 3.01. The number of amides is 1. The third-order valence-corrected chi connectivity index (χ3v) is 4.47. The van der Waals surface area contributed by atoms with E-state index in [1.54, 1.807) is 11.7 Å². The Morgan fingerprint density at radius 1 is 1.26 bits per heavy atom. The second kappa shape index (κ2) is 7.58. The number of rotatable bonds is 7. The molecule has 7 nitrogen and oxygen atoms in total. The minimum Gasteiger partial charge on any atom is -0.497 e. The van der Waals surface area contributed by atoms with Gasteiger partial charge in [-0.2, -0.15) is 0 Å². The zero-order valence-electron chi connectivity index (χ0n) is 16.5. The highest BCUT2D eigenvalue weighted by Gasteiger charge is 2.30. The molecule has 2 aromatic rings. The maximum Gasteiger partial charge on any atom is 0.346 e. The van der Waals surface area contributed by atoms with Crippen LogP contribution in [0.3, 0.4) is 0 Å². The first-order chi connectivity index (χ1) is 12.8. The molecule has 1 fully saturated rings. The van der Waals surface area contributed by atoms with Crippen LogP contribution in [0.5, 0.6) is 5.75 Å². The van der Waals surface area contributed by atoms with Crippen LogP contribution >= 0.6 is 0 Å². The molecule has 27 heavy (non-hydrogen) atoms. The van der Waals surface area contributed by atoms with Gasteiger partial charge in [-0.15, -0.1) is 5.10 Å². The first kappa shape index (κ1) is 19.2. The van der Waals surface area contributed by atoms with Crippen molar-refractivity contribution in [2.45, 2.75) is 52.6 Å². The van der Waals surface area contributed by atoms with Crippen molar-refractivity contribution >= 4 is 5.91 Å². The van der Waals surface area contributed by atoms with Crippen LogP contribution in [-0.2, 0) is 11.3 Å². The zero-order valence-corrected chi connectivity index (χ0v) is 16.5. The monoisotopic (exact) mass is 372 g/mol. The van der Waals surface area contributed by atoms with Crippen molar-refractivity contribution in [2.75, 3.05) is 13.7 Å². The Bertz CT molecular complexity index is 855. The van der Waals surface area contributed by atoms with Gasteiger partial charge in [-0.25, -0.2) is 9.48 Å². The third-order valence-electron chi connectivity index (χ3n) is 4.47. The van der Waals surface area contributed by atoms with Crippen molar-refractivity contribution in [3.05, 3.63) is 34.7 Å². The maximum atomic E-state index is 12.8. The van der Waals surface area contributed by atoms with Gasteiger partial charge in [0.2, 0.25) is 5.91 Å². The van der Waals surface area contributed by atoms with E-state index in [9.17, 15) is 9.59 Å². The van der Waals surface area contributed by atoms with Crippen LogP contribution in [0.1, 0.15) is 46.1 Å². The molecule has 1 heterocycles. The zero-order chi connectivity index (χ0) is 19.6. The highest BCUT2D eigenvalue weighted by atomic mass is 16.5. The summed E-state index contributed by atoms with van der Waals surface area (Å²) in [5.74, 6) is 1.43. The molecule has 1 aliphatic rings. The third kappa shape index (κ3) is 4.78. The summed E-state index contributed by atoms with van der Waals surface area (Å²) >= 11 is 0. The molecular formula is C20H28N4O3. The highest BCUT2D eigenvalue weighted by Crippen LogP contribution is 2.36. The number of carbonyl (C=O) groups is 1. The summed E-state index contributed by atoms with van der Waals surface area (Å²) in [6.45, 7) is 6.82. The summed E-state index contributed by atoms with van der Waals surface area (Å²) in [5.41, 5.74) is 0.708. The Kier molecular flexibility index (Phi) is 5.39. The molecule has 0 bridgehead atoms. The summed E-state index contributed by atoms with van der Waals surface area (Å²) in [6.07, 6.45) is 2.45. The first-order valence-electron chi connectivity index (χ1n) is 9.39. The van der Waals surface area contributed by atoms with Gasteiger partial charge in [0, 0.05) is 24.6 Å². The van der Waals surface area contributed by atoms with Gasteiger partial charge in [0.15, 0.2) is 5.82 Å². The summed E-state index contributed by atoms with van der Waals surface area (Å²) in [6, 6.07) is 7.77. The largest absolute Gasteiger partial charge is 0.497 e. The van der Waals surface area contributed by atoms with Gasteiger partial charge in [-0.05, 0) is 42.5 Å². The highest BCUT2D eigenvalue weighted by molar-refractivity contribution is 5.76. The molecule has 1 aromatic heterocycles. The number of hydrogen-bond acceptors (Lipinski definition) is 4. The van der Waals surface area contributed by atoms with Gasteiger partial charge in [0.25, 0.3) is 0 Å². The van der Waals surface area contributed by atoms with Crippen LogP contribution < -0.4 is 15.7 Å². The molecule has 0 unspecified atom stereocenters. The van der Waals surface area contributed by atoms with Crippen molar-refractivity contribution in [1.82, 2.24) is 19.7 Å². The lowest BCUT2D eigenvalue weighted by Crippen LogP contribution is -2.33. The molecule has 0 saturated heterocycles. The molecule has 1 saturated carbocycles. The Morgan fingerprint density at radius 3 is 2.48 bits per heavy atom. The number of aromatic nitrogens is 3. The number of ether oxygens (including phenoxy) is 1. The normalized spacial score (nSPS) is 14.2. The number of hydrogen-bond donors (Lipinski definition) is 1. The topological polar surface area (TPSA) is 78.2 Å². The molecule has 0 spiro atoms. The molecule has 7 heteroatoms. The van der Waals surface area contributed by atoms with Crippen molar-refractivity contribution < 1.29 is 9.53 Å². The molecule has 146 valence electrons. The fraction of sp³-hybridized carbons (Fsp3) is 0.550. The number of carbonyl (C=O) groups excluding carboxylic acids is 1. The molecule has 0 aliphatic heterocycles. The van der Waals surface area contributed by atoms with Crippen LogP contribution in [0.2, 0.25) is 0 Å². The molecule has 1 aromatic carbocycles. The second-order valence-corrected chi connectivity index (χ2v) is 8.25. The predicted octanol–water partition coefficient (Wildman–Crippen LogP) is 2.61. The standard InChI is InChI=1S/C20H28N4O3/c1-20(2,3)13-17(25)21-11-12-23-19(26)24(15-7-8-15)18(22-23)14-5-9-16(27-4)10-6-14/h5-6,9-10,15H,7-8,11-13H2,1-4H3,(H,21,25). The molecule has 1 amide bonds. The van der Waals surface area contributed by atoms with Gasteiger partial charge >= 0.3 is 5.69 Å². The van der Waals surface area contributed by atoms with Crippen LogP contribution in [0.4, 0.5) is 0 Å². The Balaban J connectivity index is 1.75. The number of nitrogens with zero attached hydrogens (tertiary/aromatic N) is 3. The molecule has 1 N–H and O–H groups in total. The van der Waals surface area contributed by atoms with Crippen molar-refractivity contribution in [3.63, 3.8) is 0 Å². The van der Waals surface area contributed by atoms with Gasteiger partial charge in [0.05, 0.1) is 13.7 Å². The minimum absolute atomic E-state index is 0.00690. The first-order valence-corrected chi connectivity index (χ1v) is 9.39. The SMILES string of the molecule is COc1ccc(-c2nn(CCNC(=O)CC(C)(C)C)c(=O)n2C2CC2)cc1. The summed E-state index contributed by atoms with van der Waals surface area (Å²) in [5, 5.41) is 7.42. The van der Waals surface area contributed by atoms with Crippen LogP contribution in [0.15, 0.2) is 29.1 Å². The molecule has 3 rings (SSSR count). The van der Waals surface area contributed by atoms with E-state index in [0.717, 1.165) is 24.2 Å². The van der Waals surface area contributed by atoms with Crippen LogP contribution in [-0.4, -0.2) is 33.9 Å². The Hall–Kier alpha value is -2.57.